The summed E-state index contributed by atoms with van der Waals surface area (Å²) in [6, 6.07) is 0.915. The molecule has 3 atom stereocenters. The number of nitrogens with zero attached hydrogens (tertiary/aromatic N) is 3. The van der Waals surface area contributed by atoms with Crippen LogP contribution in [0.15, 0.2) is 5.10 Å². The molecule has 0 spiro atoms. The Balaban J connectivity index is 1.36. The van der Waals surface area contributed by atoms with E-state index in [-0.39, 0.29) is 5.91 Å². The first-order valence-electron chi connectivity index (χ1n) is 8.28. The van der Waals surface area contributed by atoms with E-state index < -0.39 is 0 Å². The number of hydrogen-bond acceptors (Lipinski definition) is 5. The fraction of sp³-hybridized carbons (Fsp3) is 0.867. The zero-order chi connectivity index (χ0) is 14.7. The van der Waals surface area contributed by atoms with Gasteiger partial charge in [0.25, 0.3) is 0 Å². The molecule has 0 aromatic rings. The molecular weight excluding hydrogens is 266 g/mol. The highest BCUT2D eigenvalue weighted by Crippen LogP contribution is 2.26. The molecule has 6 heteroatoms. The van der Waals surface area contributed by atoms with Crippen molar-refractivity contribution in [2.24, 2.45) is 11.0 Å². The van der Waals surface area contributed by atoms with Crippen LogP contribution in [0.4, 0.5) is 0 Å². The van der Waals surface area contributed by atoms with Gasteiger partial charge < -0.3 is 10.2 Å². The largest absolute Gasteiger partial charge is 0.339 e. The summed E-state index contributed by atoms with van der Waals surface area (Å²) in [5.41, 5.74) is 3.22. The van der Waals surface area contributed by atoms with Gasteiger partial charge in [0.05, 0.1) is 19.6 Å². The van der Waals surface area contributed by atoms with E-state index in [0.717, 1.165) is 38.9 Å². The highest BCUT2D eigenvalue weighted by molar-refractivity contribution is 5.78. The van der Waals surface area contributed by atoms with Crippen LogP contribution in [0.3, 0.4) is 0 Å². The smallest absolute Gasteiger partial charge is 0.236 e. The van der Waals surface area contributed by atoms with Crippen molar-refractivity contribution in [2.75, 3.05) is 26.2 Å². The minimum absolute atomic E-state index is 0.272. The Kier molecular flexibility index (Phi) is 4.75. The van der Waals surface area contributed by atoms with Gasteiger partial charge in [-0.15, -0.1) is 0 Å². The Labute approximate surface area is 126 Å². The Hall–Kier alpha value is -1.14. The van der Waals surface area contributed by atoms with E-state index in [1.807, 2.05) is 16.2 Å². The first-order chi connectivity index (χ1) is 10.2. The van der Waals surface area contributed by atoms with Gasteiger partial charge >= 0.3 is 0 Å². The lowest BCUT2D eigenvalue weighted by molar-refractivity contribution is -0.130. The topological polar surface area (TPSA) is 60.0 Å². The van der Waals surface area contributed by atoms with Crippen LogP contribution < -0.4 is 10.7 Å². The predicted molar refractivity (Wildman–Crippen MR) is 82.7 cm³/mol. The molecular formula is C15H27N5O. The van der Waals surface area contributed by atoms with Gasteiger partial charge in [0.15, 0.2) is 0 Å². The summed E-state index contributed by atoms with van der Waals surface area (Å²) in [6.07, 6.45) is 7.75. The monoisotopic (exact) mass is 293 g/mol. The second-order valence-electron chi connectivity index (χ2n) is 6.58. The van der Waals surface area contributed by atoms with Crippen molar-refractivity contribution in [2.45, 2.75) is 51.1 Å². The van der Waals surface area contributed by atoms with Crippen LogP contribution in [-0.2, 0) is 4.79 Å². The molecule has 0 radical (unpaired) electrons. The number of rotatable bonds is 5. The van der Waals surface area contributed by atoms with E-state index in [4.69, 9.17) is 0 Å². The van der Waals surface area contributed by atoms with E-state index in [9.17, 15) is 4.79 Å². The third-order valence-corrected chi connectivity index (χ3v) is 4.97. The molecule has 2 heterocycles. The number of hydrazone groups is 1. The molecule has 1 aliphatic carbocycles. The van der Waals surface area contributed by atoms with E-state index >= 15 is 0 Å². The van der Waals surface area contributed by atoms with Crippen molar-refractivity contribution in [3.63, 3.8) is 0 Å². The van der Waals surface area contributed by atoms with Gasteiger partial charge in [0, 0.05) is 24.8 Å². The molecule has 2 aliphatic heterocycles. The van der Waals surface area contributed by atoms with Crippen LogP contribution in [0.5, 0.6) is 0 Å². The van der Waals surface area contributed by atoms with Gasteiger partial charge in [0.1, 0.15) is 0 Å². The quantitative estimate of drug-likeness (QED) is 0.778. The van der Waals surface area contributed by atoms with Gasteiger partial charge in [-0.2, -0.15) is 5.10 Å². The number of hydrazine groups is 1. The van der Waals surface area contributed by atoms with Crippen LogP contribution in [-0.4, -0.2) is 60.4 Å². The first kappa shape index (κ1) is 14.8. The van der Waals surface area contributed by atoms with Crippen LogP contribution in [0.2, 0.25) is 0 Å². The molecule has 1 saturated heterocycles. The predicted octanol–water partition coefficient (Wildman–Crippen LogP) is 0.562. The second-order valence-corrected chi connectivity index (χ2v) is 6.58. The third-order valence-electron chi connectivity index (χ3n) is 4.97. The van der Waals surface area contributed by atoms with Crippen molar-refractivity contribution in [3.8, 4) is 0 Å². The minimum Gasteiger partial charge on any atom is -0.339 e. The van der Waals surface area contributed by atoms with Gasteiger partial charge in [-0.3, -0.25) is 4.79 Å². The van der Waals surface area contributed by atoms with Crippen molar-refractivity contribution in [3.05, 3.63) is 0 Å². The van der Waals surface area contributed by atoms with Crippen LogP contribution in [0.25, 0.3) is 0 Å². The summed E-state index contributed by atoms with van der Waals surface area (Å²) in [6.45, 7) is 5.41. The molecule has 0 aromatic heterocycles. The molecule has 0 unspecified atom stereocenters. The number of likely N-dealkylation sites (tertiary alicyclic amines) is 1. The number of hydrogen-bond donors (Lipinski definition) is 2. The molecule has 2 N–H and O–H groups in total. The molecule has 118 valence electrons. The molecule has 3 rings (SSSR count). The summed E-state index contributed by atoms with van der Waals surface area (Å²) in [5.74, 6) is 0.945. The lowest BCUT2D eigenvalue weighted by atomic mass is 10.1. The Bertz CT molecular complexity index is 400. The summed E-state index contributed by atoms with van der Waals surface area (Å²) < 4.78 is 0. The lowest BCUT2D eigenvalue weighted by Crippen LogP contribution is -2.42. The van der Waals surface area contributed by atoms with Crippen molar-refractivity contribution in [1.29, 1.82) is 0 Å². The maximum absolute atomic E-state index is 12.2. The van der Waals surface area contributed by atoms with Crippen LogP contribution >= 0.6 is 0 Å². The summed E-state index contributed by atoms with van der Waals surface area (Å²) in [4.78, 5) is 14.2. The molecule has 21 heavy (non-hydrogen) atoms. The summed E-state index contributed by atoms with van der Waals surface area (Å²) in [7, 11) is 0. The Morgan fingerprint density at radius 3 is 3.05 bits per heavy atom. The normalized spacial score (nSPS) is 32.3. The maximum Gasteiger partial charge on any atom is 0.236 e. The minimum atomic E-state index is 0.272. The van der Waals surface area contributed by atoms with Crippen LogP contribution in [0, 0.1) is 5.92 Å². The van der Waals surface area contributed by atoms with Gasteiger partial charge in [-0.1, -0.05) is 0 Å². The molecule has 2 fully saturated rings. The third kappa shape index (κ3) is 3.74. The number of carbonyl (C=O) groups excluding carboxylic acids is 1. The maximum atomic E-state index is 12.2. The van der Waals surface area contributed by atoms with Crippen molar-refractivity contribution < 1.29 is 4.79 Å². The molecule has 1 amide bonds. The van der Waals surface area contributed by atoms with Crippen LogP contribution in [0.1, 0.15) is 39.0 Å². The highest BCUT2D eigenvalue weighted by atomic mass is 16.2. The zero-order valence-corrected chi connectivity index (χ0v) is 12.9. The number of carbonyl (C=O) groups is 1. The second kappa shape index (κ2) is 6.75. The average molecular weight is 293 g/mol. The van der Waals surface area contributed by atoms with Gasteiger partial charge in [-0.05, 0) is 44.9 Å². The van der Waals surface area contributed by atoms with E-state index in [2.05, 4.69) is 22.8 Å². The standard InChI is InChI=1S/C15H27N5O/c1-12-3-2-8-19(12)15(21)10-16-14-5-4-13(9-14)11-20-17-6-7-18-20/h6,12-14,16,18H,2-5,7-11H2,1H3/t12-,13-,14+/m1/s1. The van der Waals surface area contributed by atoms with Crippen molar-refractivity contribution >= 4 is 12.1 Å². The van der Waals surface area contributed by atoms with Crippen molar-refractivity contribution in [1.82, 2.24) is 20.8 Å². The molecule has 0 aromatic carbocycles. The summed E-state index contributed by atoms with van der Waals surface area (Å²) >= 11 is 0. The van der Waals surface area contributed by atoms with E-state index in [0.29, 0.717) is 24.5 Å². The first-order valence-corrected chi connectivity index (χ1v) is 8.28. The summed E-state index contributed by atoms with van der Waals surface area (Å²) in [5, 5.41) is 9.69. The Morgan fingerprint density at radius 1 is 1.43 bits per heavy atom. The average Bonchev–Trinajstić information content (AvgIpc) is 3.19. The SMILES string of the molecule is C[C@@H]1CCCN1C(=O)CN[C@H]1CC[C@@H](CN2N=CCN2)C1. The fourth-order valence-electron chi connectivity index (χ4n) is 3.75. The molecule has 0 bridgehead atoms. The van der Waals surface area contributed by atoms with Gasteiger partial charge in [0.2, 0.25) is 5.91 Å². The van der Waals surface area contributed by atoms with Gasteiger partial charge in [-0.25, -0.2) is 10.5 Å². The lowest BCUT2D eigenvalue weighted by Gasteiger charge is -2.23. The van der Waals surface area contributed by atoms with E-state index in [1.165, 1.54) is 12.8 Å². The molecule has 6 nitrogen and oxygen atoms in total. The Morgan fingerprint density at radius 2 is 2.33 bits per heavy atom. The highest BCUT2D eigenvalue weighted by Gasteiger charge is 2.29. The van der Waals surface area contributed by atoms with E-state index in [1.54, 1.807) is 0 Å². The number of amides is 1. The number of nitrogens with one attached hydrogen (secondary N) is 2. The fourth-order valence-corrected chi connectivity index (χ4v) is 3.75. The molecule has 1 saturated carbocycles. The zero-order valence-electron chi connectivity index (χ0n) is 12.9. The molecule has 3 aliphatic rings.